The summed E-state index contributed by atoms with van der Waals surface area (Å²) in [6.45, 7) is 20.9. The normalized spacial score (nSPS) is 31.0. The van der Waals surface area contributed by atoms with E-state index in [-0.39, 0.29) is 228 Å². The Morgan fingerprint density at radius 3 is 1.21 bits per heavy atom. The molecular formula is C94H125N3O23S2. The largest absolute Gasteiger partial charge is 0.481 e. The Kier molecular flexibility index (Phi) is 32.5. The molecule has 10 aliphatic rings. The summed E-state index contributed by atoms with van der Waals surface area (Å²) in [5, 5.41) is 23.6. The number of carboxylic acids is 2. The number of hydrogen-bond acceptors (Lipinski definition) is 23. The van der Waals surface area contributed by atoms with Gasteiger partial charge in [0.15, 0.2) is 11.6 Å². The average molecular weight is 1730 g/mol. The fourth-order valence-corrected chi connectivity index (χ4v) is 20.4. The van der Waals surface area contributed by atoms with Crippen molar-refractivity contribution >= 4 is 93.9 Å². The van der Waals surface area contributed by atoms with Crippen LogP contribution in [-0.4, -0.2) is 216 Å². The van der Waals surface area contributed by atoms with Crippen molar-refractivity contribution in [2.75, 3.05) is 57.6 Å². The summed E-state index contributed by atoms with van der Waals surface area (Å²) >= 11 is 2.68. The number of nitrogens with one attached hydrogen (secondary N) is 2. The van der Waals surface area contributed by atoms with Gasteiger partial charge in [-0.25, -0.2) is 0 Å². The maximum atomic E-state index is 12.9. The number of ether oxygens (including phenoxy) is 10. The predicted molar refractivity (Wildman–Crippen MR) is 457 cm³/mol. The molecule has 4 N–H and O–H groups in total. The number of piperidine rings is 1. The molecular weight excluding hydrogens is 1600 g/mol. The number of epoxide rings is 6. The van der Waals surface area contributed by atoms with E-state index < -0.39 is 11.9 Å². The number of amides is 4. The number of benzene rings is 3. The molecule has 3 aliphatic carbocycles. The smallest absolute Gasteiger partial charge is 0.306 e. The second-order valence-corrected chi connectivity index (χ2v) is 38.0. The van der Waals surface area contributed by atoms with Gasteiger partial charge in [0.25, 0.3) is 0 Å². The summed E-state index contributed by atoms with van der Waals surface area (Å²) in [6.07, 6.45) is 16.2. The van der Waals surface area contributed by atoms with E-state index in [0.29, 0.717) is 83.3 Å². The SMILES string of the molecule is CO[C@@H]1[C@H](NC(=O)CC(=O)CSc2ccc(CC(=O)CCCC(=O)O)cc2)CC[C@]2(CO2)[C@H]1[C@]1(C)O[C@@H]1CC=C(C)C.CO[C@@H]1[C@H](NC(=O)CC(=O)CSc2ccc(N3C(=O)CCCC3=O)cc2)CC[C@]2(CO2)[C@H]1[C@]1(C)O[C@@H]1CC=C(C)C.CO[C@@H]1[C@H](OC(=O)CCc2ccc(CC(=O)CCCC(=O)O)cc2)CC[C@]2(CO2)[C@H]1[C@]1(C)O[C@@H]1CC=C(C)C. The molecule has 4 amide bonds. The van der Waals surface area contributed by atoms with Gasteiger partial charge in [0.2, 0.25) is 23.6 Å². The number of carbonyl (C=O) groups excluding carboxylic acids is 9. The van der Waals surface area contributed by atoms with Gasteiger partial charge in [0.1, 0.15) is 46.2 Å². The zero-order valence-electron chi connectivity index (χ0n) is 72.8. The topological polar surface area (TPSA) is 368 Å². The summed E-state index contributed by atoms with van der Waals surface area (Å²) in [5.41, 5.74) is 5.09. The highest BCUT2D eigenvalue weighted by Crippen LogP contribution is 2.62. The number of thioether (sulfide) groups is 2. The van der Waals surface area contributed by atoms with E-state index in [0.717, 1.165) is 65.0 Å². The average Bonchev–Trinajstić information content (AvgIpc) is 1.54. The van der Waals surface area contributed by atoms with Gasteiger partial charge in [-0.3, -0.25) is 57.6 Å². The Hall–Kier alpha value is -7.61. The number of rotatable bonds is 41. The molecule has 10 fully saturated rings. The highest BCUT2D eigenvalue weighted by Gasteiger charge is 2.75. The minimum atomic E-state index is -0.901. The van der Waals surface area contributed by atoms with E-state index in [2.05, 4.69) is 91.2 Å². The molecule has 0 bridgehead atoms. The lowest BCUT2D eigenvalue weighted by atomic mass is 9.67. The molecule has 7 saturated heterocycles. The highest BCUT2D eigenvalue weighted by molar-refractivity contribution is 8.00. The van der Waals surface area contributed by atoms with Gasteiger partial charge >= 0.3 is 17.9 Å². The maximum Gasteiger partial charge on any atom is 0.306 e. The van der Waals surface area contributed by atoms with Crippen molar-refractivity contribution < 1.29 is 110 Å². The third kappa shape index (κ3) is 25.0. The minimum Gasteiger partial charge on any atom is -0.481 e. The molecule has 0 radical (unpaired) electrons. The Labute approximate surface area is 725 Å². The number of anilines is 1. The number of nitrogens with zero attached hydrogens (tertiary/aromatic N) is 1. The van der Waals surface area contributed by atoms with Gasteiger partial charge in [-0.05, 0) is 199 Å². The standard InChI is InChI=1S/C32H43NO8S.C31H40N2O7S.C31H42O8/c1-20(2)8-13-26-31(3,41-26)30-29(39-4)25(14-15-32(30)19-40-32)33-27(36)17-23(35)18-42-24-11-9-21(10-12-24)16-22(34)6-5-7-28(37)38;1-19(2)8-13-24-30(3,40-24)29-28(38-4)23(14-15-31(29)18-39-31)32-25(35)16-21(34)17-41-22-11-9-20(10-12-22)33-26(36)6-5-7-27(33)37;1-20(2)8-14-25-30(3,39-25)29-28(36-4)24(16-17-31(29)19-37-31)38-27(35)15-13-21-9-11-22(12-10-21)18-23(32)6-5-7-26(33)34/h8-12,25-26,29-30H,5-7,13-19H2,1-4H3,(H,33,36)(H,37,38);8-12,23-24,28-29H,5-7,13-18H2,1-4H3,(H,32,35);8-12,24-25,28-29H,5-7,13-19H2,1-4H3,(H,33,34)/t25-,26-,29-,30-,31-,32+;23-,24-,28-,29-,30-,31+;24-,25-,28-,29-,30-,31+/m111/s1. The highest BCUT2D eigenvalue weighted by atomic mass is 32.2. The molecule has 13 rings (SSSR count). The van der Waals surface area contributed by atoms with Crippen molar-refractivity contribution in [1.29, 1.82) is 0 Å². The number of methoxy groups -OCH3 is 3. The molecule has 28 heteroatoms. The summed E-state index contributed by atoms with van der Waals surface area (Å²) in [5.74, 6) is -3.09. The molecule has 122 heavy (non-hydrogen) atoms. The lowest BCUT2D eigenvalue weighted by molar-refractivity contribution is -0.171. The number of imide groups is 1. The van der Waals surface area contributed by atoms with Gasteiger partial charge in [0, 0.05) is 101 Å². The molecule has 18 atom stereocenters. The number of Topliss-reactive ketones (excluding diaryl/α,β-unsaturated/α-hetero) is 4. The molecule has 3 spiro atoms. The van der Waals surface area contributed by atoms with E-state index in [1.165, 1.54) is 45.1 Å². The second-order valence-electron chi connectivity index (χ2n) is 35.9. The molecule has 3 aromatic carbocycles. The quantitative estimate of drug-likeness (QED) is 0.0102. The number of esters is 1. The van der Waals surface area contributed by atoms with Gasteiger partial charge < -0.3 is 68.2 Å². The van der Waals surface area contributed by atoms with Crippen molar-refractivity contribution in [3.05, 3.63) is 124 Å². The van der Waals surface area contributed by atoms with Crippen LogP contribution in [0, 0.1) is 17.8 Å². The van der Waals surface area contributed by atoms with E-state index >= 15 is 0 Å². The van der Waals surface area contributed by atoms with Crippen LogP contribution in [0.3, 0.4) is 0 Å². The molecule has 3 aromatic rings. The Morgan fingerprint density at radius 2 is 0.844 bits per heavy atom. The van der Waals surface area contributed by atoms with Crippen molar-refractivity contribution in [1.82, 2.24) is 10.6 Å². The Morgan fingerprint density at radius 1 is 0.484 bits per heavy atom. The zero-order chi connectivity index (χ0) is 88.1. The lowest BCUT2D eigenvalue weighted by Crippen LogP contribution is -2.59. The molecule has 7 heterocycles. The molecule has 0 aromatic heterocycles. The van der Waals surface area contributed by atoms with Crippen molar-refractivity contribution in [3.63, 3.8) is 0 Å². The number of hydrogen-bond donors (Lipinski definition) is 4. The van der Waals surface area contributed by atoms with Crippen LogP contribution < -0.4 is 15.5 Å². The molecule has 26 nitrogen and oxygen atoms in total. The maximum absolute atomic E-state index is 12.9. The van der Waals surface area contributed by atoms with Crippen LogP contribution >= 0.6 is 23.5 Å². The number of ketones is 4. The Bertz CT molecular complexity index is 4330. The van der Waals surface area contributed by atoms with Gasteiger partial charge in [0.05, 0.1) is 110 Å². The van der Waals surface area contributed by atoms with Gasteiger partial charge in [-0.1, -0.05) is 71.3 Å². The number of carbonyl (C=O) groups is 11. The second kappa shape index (κ2) is 41.7. The first kappa shape index (κ1) is 95.1. The predicted octanol–water partition coefficient (Wildman–Crippen LogP) is 12.9. The van der Waals surface area contributed by atoms with E-state index in [1.54, 1.807) is 45.6 Å². The zero-order valence-corrected chi connectivity index (χ0v) is 74.5. The van der Waals surface area contributed by atoms with Crippen LogP contribution in [0.15, 0.2) is 118 Å². The Balaban J connectivity index is 0.000000179. The van der Waals surface area contributed by atoms with E-state index in [4.69, 9.17) is 57.6 Å². The number of carboxylic acid groups (broad SMARTS) is 2. The molecule has 7 aliphatic heterocycles. The van der Waals surface area contributed by atoms with Crippen LogP contribution in [-0.2, 0) is 119 Å². The van der Waals surface area contributed by atoms with Crippen LogP contribution in [0.4, 0.5) is 5.69 Å². The fourth-order valence-electron chi connectivity index (χ4n) is 18.9. The monoisotopic (exact) mass is 1730 g/mol. The summed E-state index contributed by atoms with van der Waals surface area (Å²) in [4.78, 5) is 137. The third-order valence-corrected chi connectivity index (χ3v) is 27.9. The van der Waals surface area contributed by atoms with Crippen LogP contribution in [0.2, 0.25) is 0 Å². The third-order valence-electron chi connectivity index (χ3n) is 25.7. The number of aryl methyl sites for hydroxylation is 1. The summed E-state index contributed by atoms with van der Waals surface area (Å²) in [7, 11) is 5.01. The first-order valence-electron chi connectivity index (χ1n) is 43.2. The van der Waals surface area contributed by atoms with Crippen LogP contribution in [0.5, 0.6) is 0 Å². The van der Waals surface area contributed by atoms with Crippen LogP contribution in [0.1, 0.15) is 214 Å². The van der Waals surface area contributed by atoms with Crippen molar-refractivity contribution in [2.24, 2.45) is 17.8 Å². The van der Waals surface area contributed by atoms with E-state index in [9.17, 15) is 52.7 Å². The fraction of sp³-hybridized carbons (Fsp3) is 0.628. The lowest BCUT2D eigenvalue weighted by Gasteiger charge is -2.43. The summed E-state index contributed by atoms with van der Waals surface area (Å²) in [6, 6.07) is 21.6. The molecule has 0 unspecified atom stereocenters. The number of aliphatic carboxylic acids is 2. The minimum absolute atomic E-state index is 0.0000187. The van der Waals surface area contributed by atoms with Crippen molar-refractivity contribution in [3.8, 4) is 0 Å². The first-order chi connectivity index (χ1) is 58.1. The summed E-state index contributed by atoms with van der Waals surface area (Å²) < 4.78 is 60.6. The molecule has 3 saturated carbocycles. The number of allylic oxidation sites excluding steroid dienone is 3. The van der Waals surface area contributed by atoms with Gasteiger partial charge in [-0.2, -0.15) is 0 Å². The molecule has 666 valence electrons. The van der Waals surface area contributed by atoms with Crippen LogP contribution in [0.25, 0.3) is 0 Å². The van der Waals surface area contributed by atoms with Gasteiger partial charge in [-0.15, -0.1) is 23.5 Å². The van der Waals surface area contributed by atoms with E-state index in [1.807, 2.05) is 48.5 Å². The first-order valence-corrected chi connectivity index (χ1v) is 45.2. The van der Waals surface area contributed by atoms with Crippen molar-refractivity contribution in [2.45, 2.75) is 315 Å².